The molecule has 0 atom stereocenters. The molecular formula is C23H29N5OS. The van der Waals surface area contributed by atoms with Gasteiger partial charge in [0.05, 0.1) is 21.8 Å². The number of carbonyl (C=O) groups excluding carboxylic acids is 1. The van der Waals surface area contributed by atoms with Crippen LogP contribution in [-0.2, 0) is 24.8 Å². The second-order valence-electron chi connectivity index (χ2n) is 8.01. The van der Waals surface area contributed by atoms with Gasteiger partial charge in [0, 0.05) is 39.1 Å². The first-order valence-corrected chi connectivity index (χ1v) is 11.5. The molecule has 1 aliphatic rings. The van der Waals surface area contributed by atoms with Crippen molar-refractivity contribution in [3.63, 3.8) is 0 Å². The fourth-order valence-corrected chi connectivity index (χ4v) is 4.74. The van der Waals surface area contributed by atoms with Gasteiger partial charge in [-0.3, -0.25) is 14.4 Å². The van der Waals surface area contributed by atoms with E-state index in [2.05, 4.69) is 38.5 Å². The standard InChI is InChI=1S/C23H29N5OS/c1-17-23(30-16-24-17)21-14-20(27(2)26-21)15-28-12-10-19(11-13-28)25-22(29)9-8-18-6-4-3-5-7-18/h3-7,14,16,19H,8-13,15H2,1-2H3,(H,25,29). The van der Waals surface area contributed by atoms with Gasteiger partial charge >= 0.3 is 0 Å². The van der Waals surface area contributed by atoms with Gasteiger partial charge in [0.1, 0.15) is 5.69 Å². The Balaban J connectivity index is 1.23. The molecule has 0 unspecified atom stereocenters. The molecule has 1 N–H and O–H groups in total. The number of aromatic nitrogens is 3. The zero-order valence-electron chi connectivity index (χ0n) is 17.7. The number of aryl methyl sites for hydroxylation is 3. The summed E-state index contributed by atoms with van der Waals surface area (Å²) in [4.78, 5) is 20.2. The molecule has 0 bridgehead atoms. The van der Waals surface area contributed by atoms with Crippen LogP contribution < -0.4 is 5.32 Å². The van der Waals surface area contributed by atoms with Crippen LogP contribution in [0.1, 0.15) is 36.2 Å². The molecule has 1 aliphatic heterocycles. The van der Waals surface area contributed by atoms with Gasteiger partial charge in [-0.1, -0.05) is 30.3 Å². The number of amides is 1. The van der Waals surface area contributed by atoms with Crippen molar-refractivity contribution in [2.75, 3.05) is 13.1 Å². The van der Waals surface area contributed by atoms with Crippen molar-refractivity contribution in [1.82, 2.24) is 25.0 Å². The number of benzene rings is 1. The van der Waals surface area contributed by atoms with Crippen LogP contribution >= 0.6 is 11.3 Å². The Bertz CT molecular complexity index is 973. The number of hydrogen-bond donors (Lipinski definition) is 1. The van der Waals surface area contributed by atoms with Crippen LogP contribution in [0.2, 0.25) is 0 Å². The molecule has 1 saturated heterocycles. The molecule has 0 aliphatic carbocycles. The molecule has 0 spiro atoms. The number of piperidine rings is 1. The van der Waals surface area contributed by atoms with E-state index < -0.39 is 0 Å². The predicted molar refractivity (Wildman–Crippen MR) is 120 cm³/mol. The Kier molecular flexibility index (Phi) is 6.59. The van der Waals surface area contributed by atoms with Crippen LogP contribution in [0.4, 0.5) is 0 Å². The zero-order valence-corrected chi connectivity index (χ0v) is 18.5. The van der Waals surface area contributed by atoms with Crippen LogP contribution in [0.25, 0.3) is 10.6 Å². The number of hydrogen-bond acceptors (Lipinski definition) is 5. The Hall–Kier alpha value is -2.51. The zero-order chi connectivity index (χ0) is 20.9. The van der Waals surface area contributed by atoms with E-state index >= 15 is 0 Å². The number of nitrogens with one attached hydrogen (secondary N) is 1. The molecule has 6 nitrogen and oxygen atoms in total. The first kappa shape index (κ1) is 20.8. The van der Waals surface area contributed by atoms with Gasteiger partial charge in [0.2, 0.25) is 5.91 Å². The summed E-state index contributed by atoms with van der Waals surface area (Å²) in [7, 11) is 2.01. The Morgan fingerprint density at radius 3 is 2.70 bits per heavy atom. The van der Waals surface area contributed by atoms with Crippen LogP contribution in [0, 0.1) is 6.92 Å². The smallest absolute Gasteiger partial charge is 0.220 e. The maximum Gasteiger partial charge on any atom is 0.220 e. The van der Waals surface area contributed by atoms with Crippen molar-refractivity contribution in [1.29, 1.82) is 0 Å². The fraction of sp³-hybridized carbons (Fsp3) is 0.435. The average molecular weight is 424 g/mol. The van der Waals surface area contributed by atoms with Crippen LogP contribution in [0.3, 0.4) is 0 Å². The monoisotopic (exact) mass is 423 g/mol. The summed E-state index contributed by atoms with van der Waals surface area (Å²) in [6.45, 7) is 4.89. The van der Waals surface area contributed by atoms with E-state index in [9.17, 15) is 4.79 Å². The third-order valence-corrected chi connectivity index (χ3v) is 6.73. The van der Waals surface area contributed by atoms with Crippen LogP contribution in [0.15, 0.2) is 41.9 Å². The quantitative estimate of drug-likeness (QED) is 0.631. The molecule has 7 heteroatoms. The molecule has 4 rings (SSSR count). The minimum atomic E-state index is 0.161. The molecule has 1 fully saturated rings. The maximum atomic E-state index is 12.3. The summed E-state index contributed by atoms with van der Waals surface area (Å²) >= 11 is 1.64. The fourth-order valence-electron chi connectivity index (χ4n) is 3.98. The van der Waals surface area contributed by atoms with Crippen molar-refractivity contribution in [2.45, 2.75) is 45.2 Å². The number of likely N-dealkylation sites (tertiary alicyclic amines) is 1. The van der Waals surface area contributed by atoms with E-state index in [4.69, 9.17) is 0 Å². The second-order valence-corrected chi connectivity index (χ2v) is 8.87. The Morgan fingerprint density at radius 1 is 1.23 bits per heavy atom. The lowest BCUT2D eigenvalue weighted by atomic mass is 10.0. The van der Waals surface area contributed by atoms with E-state index in [0.29, 0.717) is 6.42 Å². The summed E-state index contributed by atoms with van der Waals surface area (Å²) < 4.78 is 1.98. The molecule has 30 heavy (non-hydrogen) atoms. The van der Waals surface area contributed by atoms with Gasteiger partial charge in [-0.15, -0.1) is 11.3 Å². The third kappa shape index (κ3) is 5.15. The molecule has 158 valence electrons. The SMILES string of the molecule is Cc1ncsc1-c1cc(CN2CCC(NC(=O)CCc3ccccc3)CC2)n(C)n1. The highest BCUT2D eigenvalue weighted by atomic mass is 32.1. The highest BCUT2D eigenvalue weighted by Gasteiger charge is 2.22. The lowest BCUT2D eigenvalue weighted by Gasteiger charge is -2.32. The number of carbonyl (C=O) groups is 1. The highest BCUT2D eigenvalue weighted by Crippen LogP contribution is 2.27. The number of rotatable bonds is 7. The van der Waals surface area contributed by atoms with Gasteiger partial charge in [-0.25, -0.2) is 4.98 Å². The maximum absolute atomic E-state index is 12.3. The van der Waals surface area contributed by atoms with E-state index in [1.54, 1.807) is 11.3 Å². The topological polar surface area (TPSA) is 63.1 Å². The lowest BCUT2D eigenvalue weighted by Crippen LogP contribution is -2.44. The van der Waals surface area contributed by atoms with Gasteiger partial charge in [-0.2, -0.15) is 5.10 Å². The molecule has 1 amide bonds. The molecule has 3 heterocycles. The summed E-state index contributed by atoms with van der Waals surface area (Å²) in [5, 5.41) is 7.91. The predicted octanol–water partition coefficient (Wildman–Crippen LogP) is 3.57. The van der Waals surface area contributed by atoms with Crippen molar-refractivity contribution < 1.29 is 4.79 Å². The first-order chi connectivity index (χ1) is 14.6. The Labute approximate surface area is 181 Å². The van der Waals surface area contributed by atoms with E-state index in [1.807, 2.05) is 42.4 Å². The van der Waals surface area contributed by atoms with E-state index in [-0.39, 0.29) is 11.9 Å². The summed E-state index contributed by atoms with van der Waals surface area (Å²) in [6, 6.07) is 12.7. The summed E-state index contributed by atoms with van der Waals surface area (Å²) in [6.07, 6.45) is 3.35. The summed E-state index contributed by atoms with van der Waals surface area (Å²) in [5.74, 6) is 0.161. The number of nitrogens with zero attached hydrogens (tertiary/aromatic N) is 4. The largest absolute Gasteiger partial charge is 0.353 e. The van der Waals surface area contributed by atoms with Crippen molar-refractivity contribution in [2.24, 2.45) is 7.05 Å². The highest BCUT2D eigenvalue weighted by molar-refractivity contribution is 7.13. The van der Waals surface area contributed by atoms with Gasteiger partial charge in [-0.05, 0) is 37.8 Å². The minimum Gasteiger partial charge on any atom is -0.353 e. The number of thiazole rings is 1. The molecular weight excluding hydrogens is 394 g/mol. The normalized spacial score (nSPS) is 15.4. The lowest BCUT2D eigenvalue weighted by molar-refractivity contribution is -0.122. The third-order valence-electron chi connectivity index (χ3n) is 5.78. The molecule has 1 aromatic carbocycles. The molecule has 0 saturated carbocycles. The molecule has 0 radical (unpaired) electrons. The van der Waals surface area contributed by atoms with Gasteiger partial charge in [0.15, 0.2) is 0 Å². The van der Waals surface area contributed by atoms with Crippen LogP contribution in [-0.4, -0.2) is 44.7 Å². The minimum absolute atomic E-state index is 0.161. The summed E-state index contributed by atoms with van der Waals surface area (Å²) in [5.41, 5.74) is 6.34. The van der Waals surface area contributed by atoms with Gasteiger partial charge in [0.25, 0.3) is 0 Å². The first-order valence-electron chi connectivity index (χ1n) is 10.6. The van der Waals surface area contributed by atoms with Crippen LogP contribution in [0.5, 0.6) is 0 Å². The van der Waals surface area contributed by atoms with Gasteiger partial charge < -0.3 is 5.32 Å². The Morgan fingerprint density at radius 2 is 2.00 bits per heavy atom. The van der Waals surface area contributed by atoms with Crippen molar-refractivity contribution >= 4 is 17.2 Å². The average Bonchev–Trinajstić information content (AvgIpc) is 3.34. The van der Waals surface area contributed by atoms with Crippen molar-refractivity contribution in [3.05, 3.63) is 58.9 Å². The van der Waals surface area contributed by atoms with E-state index in [1.165, 1.54) is 11.3 Å². The molecule has 3 aromatic rings. The van der Waals surface area contributed by atoms with Crippen molar-refractivity contribution in [3.8, 4) is 10.6 Å². The van der Waals surface area contributed by atoms with E-state index in [0.717, 1.165) is 55.2 Å². The molecule has 2 aromatic heterocycles. The second kappa shape index (κ2) is 9.53.